The molecule has 4 heteroatoms. The van der Waals surface area contributed by atoms with Crippen molar-refractivity contribution in [2.75, 3.05) is 19.6 Å². The summed E-state index contributed by atoms with van der Waals surface area (Å²) in [4.78, 5) is 13.9. The summed E-state index contributed by atoms with van der Waals surface area (Å²) in [7, 11) is 0. The Bertz CT molecular complexity index is 202. The first-order valence-electron chi connectivity index (χ1n) is 5.91. The van der Waals surface area contributed by atoms with Gasteiger partial charge in [-0.3, -0.25) is 4.79 Å². The molecule has 15 heavy (non-hydrogen) atoms. The van der Waals surface area contributed by atoms with Crippen LogP contribution in [0, 0.1) is 0 Å². The summed E-state index contributed by atoms with van der Waals surface area (Å²) >= 11 is 0. The number of hydrogen-bond acceptors (Lipinski definition) is 3. The van der Waals surface area contributed by atoms with Crippen LogP contribution in [0.2, 0.25) is 0 Å². The molecule has 3 N–H and O–H groups in total. The van der Waals surface area contributed by atoms with Crippen LogP contribution in [-0.2, 0) is 4.79 Å². The van der Waals surface area contributed by atoms with E-state index < -0.39 is 0 Å². The smallest absolute Gasteiger partial charge is 0.237 e. The molecule has 1 unspecified atom stereocenters. The molecule has 0 aromatic carbocycles. The Morgan fingerprint density at radius 3 is 2.60 bits per heavy atom. The van der Waals surface area contributed by atoms with E-state index in [0.29, 0.717) is 6.42 Å². The normalized spacial score (nSPS) is 21.3. The third kappa shape index (κ3) is 4.18. The fourth-order valence-corrected chi connectivity index (χ4v) is 1.93. The standard InChI is InChI=1S/C11H23N3O/c1-3-10(12)11(15)13-9(2)8-14-6-4-5-7-14/h9-10H,3-8,12H2,1-2H3,(H,13,15)/t9?,10-/m0/s1. The SMILES string of the molecule is CC[C@H](N)C(=O)NC(C)CN1CCCC1. The molecule has 88 valence electrons. The second kappa shape index (κ2) is 6.08. The molecule has 0 aliphatic carbocycles. The molecule has 0 bridgehead atoms. The van der Waals surface area contributed by atoms with Gasteiger partial charge in [0.1, 0.15) is 0 Å². The molecule has 1 amide bonds. The highest BCUT2D eigenvalue weighted by molar-refractivity contribution is 5.81. The van der Waals surface area contributed by atoms with Gasteiger partial charge in [-0.15, -0.1) is 0 Å². The first kappa shape index (κ1) is 12.5. The summed E-state index contributed by atoms with van der Waals surface area (Å²) < 4.78 is 0. The maximum Gasteiger partial charge on any atom is 0.237 e. The van der Waals surface area contributed by atoms with Crippen molar-refractivity contribution in [1.82, 2.24) is 10.2 Å². The van der Waals surface area contributed by atoms with E-state index >= 15 is 0 Å². The average Bonchev–Trinajstić information content (AvgIpc) is 2.68. The first-order valence-corrected chi connectivity index (χ1v) is 5.91. The number of amides is 1. The molecular formula is C11H23N3O. The van der Waals surface area contributed by atoms with E-state index in [-0.39, 0.29) is 18.0 Å². The number of carbonyl (C=O) groups excluding carboxylic acids is 1. The number of hydrogen-bond donors (Lipinski definition) is 2. The largest absolute Gasteiger partial charge is 0.351 e. The molecule has 1 fully saturated rings. The molecule has 1 rings (SSSR count). The van der Waals surface area contributed by atoms with Crippen molar-refractivity contribution in [3.8, 4) is 0 Å². The van der Waals surface area contributed by atoms with Crippen molar-refractivity contribution in [2.45, 2.75) is 45.2 Å². The Labute approximate surface area is 92.2 Å². The Morgan fingerprint density at radius 1 is 1.47 bits per heavy atom. The van der Waals surface area contributed by atoms with Crippen LogP contribution in [0.25, 0.3) is 0 Å². The van der Waals surface area contributed by atoms with Gasteiger partial charge in [-0.1, -0.05) is 6.92 Å². The van der Waals surface area contributed by atoms with Gasteiger partial charge in [-0.25, -0.2) is 0 Å². The maximum atomic E-state index is 11.5. The van der Waals surface area contributed by atoms with Crippen molar-refractivity contribution in [3.63, 3.8) is 0 Å². The summed E-state index contributed by atoms with van der Waals surface area (Å²) in [5.74, 6) is -0.0239. The van der Waals surface area contributed by atoms with Crippen LogP contribution < -0.4 is 11.1 Å². The van der Waals surface area contributed by atoms with E-state index in [1.807, 2.05) is 13.8 Å². The highest BCUT2D eigenvalue weighted by Gasteiger charge is 2.17. The van der Waals surface area contributed by atoms with Gasteiger partial charge in [-0.05, 0) is 39.3 Å². The second-order valence-corrected chi connectivity index (χ2v) is 4.43. The van der Waals surface area contributed by atoms with Gasteiger partial charge < -0.3 is 16.0 Å². The molecule has 1 heterocycles. The zero-order chi connectivity index (χ0) is 11.3. The predicted octanol–water partition coefficient (Wildman–Crippen LogP) is 0.324. The monoisotopic (exact) mass is 213 g/mol. The predicted molar refractivity (Wildman–Crippen MR) is 61.5 cm³/mol. The van der Waals surface area contributed by atoms with Crippen LogP contribution in [0.3, 0.4) is 0 Å². The van der Waals surface area contributed by atoms with Crippen molar-refractivity contribution in [3.05, 3.63) is 0 Å². The van der Waals surface area contributed by atoms with Crippen molar-refractivity contribution < 1.29 is 4.79 Å². The van der Waals surface area contributed by atoms with Crippen LogP contribution in [0.1, 0.15) is 33.1 Å². The van der Waals surface area contributed by atoms with E-state index in [1.165, 1.54) is 25.9 Å². The molecule has 0 aromatic rings. The first-order chi connectivity index (χ1) is 7.13. The third-order valence-corrected chi connectivity index (χ3v) is 2.90. The zero-order valence-corrected chi connectivity index (χ0v) is 9.83. The van der Waals surface area contributed by atoms with Gasteiger partial charge in [0.2, 0.25) is 5.91 Å². The van der Waals surface area contributed by atoms with Crippen LogP contribution in [0.15, 0.2) is 0 Å². The fourth-order valence-electron chi connectivity index (χ4n) is 1.93. The number of nitrogens with zero attached hydrogens (tertiary/aromatic N) is 1. The van der Waals surface area contributed by atoms with Crippen LogP contribution in [-0.4, -0.2) is 42.5 Å². The Morgan fingerprint density at radius 2 is 2.07 bits per heavy atom. The molecule has 1 aliphatic rings. The van der Waals surface area contributed by atoms with Crippen molar-refractivity contribution in [2.24, 2.45) is 5.73 Å². The second-order valence-electron chi connectivity index (χ2n) is 4.43. The van der Waals surface area contributed by atoms with E-state index in [4.69, 9.17) is 5.73 Å². The lowest BCUT2D eigenvalue weighted by Crippen LogP contribution is -2.47. The molecule has 1 aliphatic heterocycles. The molecule has 0 radical (unpaired) electrons. The molecule has 0 aromatic heterocycles. The fraction of sp³-hybridized carbons (Fsp3) is 0.909. The highest BCUT2D eigenvalue weighted by atomic mass is 16.2. The minimum atomic E-state index is -0.356. The van der Waals surface area contributed by atoms with Crippen LogP contribution in [0.4, 0.5) is 0 Å². The lowest BCUT2D eigenvalue weighted by molar-refractivity contribution is -0.123. The van der Waals surface area contributed by atoms with Crippen molar-refractivity contribution >= 4 is 5.91 Å². The summed E-state index contributed by atoms with van der Waals surface area (Å²) in [6, 6.07) is -0.153. The number of likely N-dealkylation sites (tertiary alicyclic amines) is 1. The highest BCUT2D eigenvalue weighted by Crippen LogP contribution is 2.07. The van der Waals surface area contributed by atoms with Crippen molar-refractivity contribution in [1.29, 1.82) is 0 Å². The van der Waals surface area contributed by atoms with Gasteiger partial charge in [0.25, 0.3) is 0 Å². The quantitative estimate of drug-likeness (QED) is 0.691. The number of carbonyl (C=O) groups is 1. The Balaban J connectivity index is 2.22. The Hall–Kier alpha value is -0.610. The van der Waals surface area contributed by atoms with Gasteiger partial charge in [0, 0.05) is 12.6 Å². The number of nitrogens with two attached hydrogens (primary N) is 1. The van der Waals surface area contributed by atoms with Gasteiger partial charge in [0.05, 0.1) is 6.04 Å². The van der Waals surface area contributed by atoms with Crippen LogP contribution >= 0.6 is 0 Å². The van der Waals surface area contributed by atoms with Gasteiger partial charge >= 0.3 is 0 Å². The molecule has 1 saturated heterocycles. The third-order valence-electron chi connectivity index (χ3n) is 2.90. The molecule has 0 spiro atoms. The number of nitrogens with one attached hydrogen (secondary N) is 1. The topological polar surface area (TPSA) is 58.4 Å². The van der Waals surface area contributed by atoms with E-state index in [2.05, 4.69) is 10.2 Å². The zero-order valence-electron chi connectivity index (χ0n) is 9.83. The molecule has 0 saturated carbocycles. The Kier molecular flexibility index (Phi) is 5.05. The van der Waals surface area contributed by atoms with E-state index in [1.54, 1.807) is 0 Å². The van der Waals surface area contributed by atoms with Crippen LogP contribution in [0.5, 0.6) is 0 Å². The van der Waals surface area contributed by atoms with E-state index in [9.17, 15) is 4.79 Å². The van der Waals surface area contributed by atoms with Gasteiger partial charge in [0.15, 0.2) is 0 Å². The summed E-state index contributed by atoms with van der Waals surface area (Å²) in [6.45, 7) is 7.25. The summed E-state index contributed by atoms with van der Waals surface area (Å²) in [5, 5.41) is 2.95. The van der Waals surface area contributed by atoms with E-state index in [0.717, 1.165) is 6.54 Å². The number of rotatable bonds is 5. The molecule has 4 nitrogen and oxygen atoms in total. The minimum Gasteiger partial charge on any atom is -0.351 e. The lowest BCUT2D eigenvalue weighted by atomic mass is 10.2. The summed E-state index contributed by atoms with van der Waals surface area (Å²) in [5.41, 5.74) is 5.65. The maximum absolute atomic E-state index is 11.5. The lowest BCUT2D eigenvalue weighted by Gasteiger charge is -2.22. The molecular weight excluding hydrogens is 190 g/mol. The summed E-state index contributed by atoms with van der Waals surface area (Å²) in [6.07, 6.45) is 3.27. The average molecular weight is 213 g/mol. The van der Waals surface area contributed by atoms with Gasteiger partial charge in [-0.2, -0.15) is 0 Å². The minimum absolute atomic E-state index is 0.0239. The molecule has 2 atom stereocenters.